The first-order valence-electron chi connectivity index (χ1n) is 13.0. The lowest BCUT2D eigenvalue weighted by atomic mass is 10.0. The summed E-state index contributed by atoms with van der Waals surface area (Å²) in [5, 5.41) is 18.4. The van der Waals surface area contributed by atoms with Gasteiger partial charge in [-0.25, -0.2) is 9.50 Å². The van der Waals surface area contributed by atoms with Crippen LogP contribution in [0.3, 0.4) is 0 Å². The Balaban J connectivity index is 1.20. The van der Waals surface area contributed by atoms with E-state index in [0.717, 1.165) is 66.3 Å². The van der Waals surface area contributed by atoms with Gasteiger partial charge in [0.25, 0.3) is 0 Å². The summed E-state index contributed by atoms with van der Waals surface area (Å²) >= 11 is 0. The largest absolute Gasteiger partial charge is 0.354 e. The number of piperazine rings is 1. The maximum absolute atomic E-state index is 9.70. The van der Waals surface area contributed by atoms with Gasteiger partial charge in [-0.3, -0.25) is 9.58 Å². The minimum Gasteiger partial charge on any atom is -0.354 e. The lowest BCUT2D eigenvalue weighted by Gasteiger charge is -2.36. The van der Waals surface area contributed by atoms with Gasteiger partial charge in [0.15, 0.2) is 0 Å². The van der Waals surface area contributed by atoms with E-state index in [1.165, 1.54) is 5.56 Å². The molecule has 6 rings (SSSR count). The smallest absolute Gasteiger partial charge is 0.128 e. The van der Waals surface area contributed by atoms with Crippen LogP contribution < -0.4 is 4.90 Å². The Kier molecular flexibility index (Phi) is 6.36. The highest BCUT2D eigenvalue weighted by atomic mass is 15.3. The Bertz CT molecular complexity index is 1590. The van der Waals surface area contributed by atoms with Crippen LogP contribution in [-0.4, -0.2) is 62.0 Å². The summed E-state index contributed by atoms with van der Waals surface area (Å²) in [5.41, 5.74) is 6.59. The fraction of sp³-hybridized carbons (Fsp3) is 0.267. The van der Waals surface area contributed by atoms with Crippen LogP contribution in [-0.2, 0) is 7.05 Å². The molecule has 1 saturated heterocycles. The van der Waals surface area contributed by atoms with Crippen molar-refractivity contribution in [2.24, 2.45) is 7.05 Å². The van der Waals surface area contributed by atoms with Gasteiger partial charge in [-0.2, -0.15) is 15.5 Å². The van der Waals surface area contributed by atoms with Gasteiger partial charge in [-0.05, 0) is 29.7 Å². The number of rotatable bonds is 6. The second-order valence-corrected chi connectivity index (χ2v) is 10.0. The van der Waals surface area contributed by atoms with Crippen LogP contribution in [0.5, 0.6) is 0 Å². The number of hydrogen-bond acceptors (Lipinski definition) is 6. The number of hydrogen-bond donors (Lipinski definition) is 0. The molecule has 5 heterocycles. The summed E-state index contributed by atoms with van der Waals surface area (Å²) in [6.07, 6.45) is 9.28. The molecule has 5 aromatic rings. The summed E-state index contributed by atoms with van der Waals surface area (Å²) in [7, 11) is 1.90. The number of aryl methyl sites for hydroxylation is 1. The molecule has 0 saturated carbocycles. The van der Waals surface area contributed by atoms with Gasteiger partial charge in [0, 0.05) is 80.6 Å². The third kappa shape index (κ3) is 4.64. The average molecular weight is 503 g/mol. The zero-order chi connectivity index (χ0) is 26.1. The van der Waals surface area contributed by atoms with E-state index in [0.29, 0.717) is 11.5 Å². The molecular weight excluding hydrogens is 472 g/mol. The molecule has 0 unspecified atom stereocenters. The molecule has 1 aliphatic rings. The molecule has 1 fully saturated rings. The molecule has 8 heteroatoms. The molecular formula is C30H30N8. The molecule has 0 amide bonds. The van der Waals surface area contributed by atoms with E-state index in [4.69, 9.17) is 4.98 Å². The monoisotopic (exact) mass is 502 g/mol. The second kappa shape index (κ2) is 10.1. The van der Waals surface area contributed by atoms with E-state index in [1.807, 2.05) is 31.8 Å². The molecule has 190 valence electrons. The van der Waals surface area contributed by atoms with E-state index in [9.17, 15) is 5.26 Å². The topological polar surface area (TPSA) is 78.3 Å². The van der Waals surface area contributed by atoms with Gasteiger partial charge >= 0.3 is 0 Å². The predicted molar refractivity (Wildman–Crippen MR) is 149 cm³/mol. The first-order chi connectivity index (χ1) is 18.6. The Morgan fingerprint density at radius 1 is 0.895 bits per heavy atom. The molecule has 1 aliphatic heterocycles. The van der Waals surface area contributed by atoms with E-state index in [2.05, 4.69) is 81.5 Å². The van der Waals surface area contributed by atoms with Crippen LogP contribution in [0.2, 0.25) is 0 Å². The number of fused-ring (bicyclic) bond motifs is 1. The van der Waals surface area contributed by atoms with Gasteiger partial charge in [-0.1, -0.05) is 37.3 Å². The Morgan fingerprint density at radius 2 is 1.71 bits per heavy atom. The molecule has 0 bridgehead atoms. The van der Waals surface area contributed by atoms with Gasteiger partial charge in [0.05, 0.1) is 23.5 Å². The van der Waals surface area contributed by atoms with Crippen molar-refractivity contribution in [2.75, 3.05) is 37.6 Å². The molecule has 38 heavy (non-hydrogen) atoms. The molecule has 8 nitrogen and oxygen atoms in total. The second-order valence-electron chi connectivity index (χ2n) is 10.0. The minimum absolute atomic E-state index is 0.515. The third-order valence-electron chi connectivity index (χ3n) is 7.43. The van der Waals surface area contributed by atoms with Gasteiger partial charge in [-0.15, -0.1) is 0 Å². The average Bonchev–Trinajstić information content (AvgIpc) is 3.59. The standard InChI is InChI=1S/C30H30N8/c1-22(23-6-4-3-5-7-23)19-36-10-12-37(13-11-36)29-9-8-24(16-32-29)28-14-25(27-18-33-35(2)20-27)21-38-30(28)26(15-31)17-34-38/h3-9,14,16-18,20-22H,10-13,19H2,1-2H3/t22-/m0/s1. The van der Waals surface area contributed by atoms with Gasteiger partial charge in [0.2, 0.25) is 0 Å². The highest BCUT2D eigenvalue weighted by molar-refractivity contribution is 5.87. The molecule has 0 N–H and O–H groups in total. The number of benzene rings is 1. The van der Waals surface area contributed by atoms with Crippen LogP contribution >= 0.6 is 0 Å². The summed E-state index contributed by atoms with van der Waals surface area (Å²) < 4.78 is 3.56. The summed E-state index contributed by atoms with van der Waals surface area (Å²) in [4.78, 5) is 9.75. The van der Waals surface area contributed by atoms with Crippen LogP contribution in [0, 0.1) is 11.3 Å². The zero-order valence-electron chi connectivity index (χ0n) is 21.7. The number of nitrogens with zero attached hydrogens (tertiary/aromatic N) is 8. The summed E-state index contributed by atoms with van der Waals surface area (Å²) in [5.74, 6) is 1.50. The maximum atomic E-state index is 9.70. The molecule has 4 aromatic heterocycles. The lowest BCUT2D eigenvalue weighted by Crippen LogP contribution is -2.47. The van der Waals surface area contributed by atoms with Crippen molar-refractivity contribution in [1.29, 1.82) is 5.26 Å². The van der Waals surface area contributed by atoms with E-state index < -0.39 is 0 Å². The quantitative estimate of drug-likeness (QED) is 0.338. The van der Waals surface area contributed by atoms with Crippen molar-refractivity contribution < 1.29 is 0 Å². The van der Waals surface area contributed by atoms with Gasteiger partial charge in [0.1, 0.15) is 11.9 Å². The van der Waals surface area contributed by atoms with Gasteiger partial charge < -0.3 is 4.90 Å². The maximum Gasteiger partial charge on any atom is 0.128 e. The first kappa shape index (κ1) is 23.9. The molecule has 0 spiro atoms. The number of anilines is 1. The molecule has 0 aliphatic carbocycles. The minimum atomic E-state index is 0.515. The van der Waals surface area contributed by atoms with E-state index in [-0.39, 0.29) is 0 Å². The molecule has 1 aromatic carbocycles. The fourth-order valence-electron chi connectivity index (χ4n) is 5.32. The zero-order valence-corrected chi connectivity index (χ0v) is 21.7. The van der Waals surface area contributed by atoms with Crippen molar-refractivity contribution in [2.45, 2.75) is 12.8 Å². The van der Waals surface area contributed by atoms with Crippen LogP contribution in [0.25, 0.3) is 27.8 Å². The number of nitriles is 1. The number of pyridine rings is 2. The van der Waals surface area contributed by atoms with Crippen molar-refractivity contribution in [3.63, 3.8) is 0 Å². The number of aromatic nitrogens is 5. The Morgan fingerprint density at radius 3 is 2.39 bits per heavy atom. The van der Waals surface area contributed by atoms with E-state index >= 15 is 0 Å². The van der Waals surface area contributed by atoms with Crippen molar-refractivity contribution in [3.8, 4) is 28.3 Å². The van der Waals surface area contributed by atoms with Crippen molar-refractivity contribution >= 4 is 11.3 Å². The predicted octanol–water partition coefficient (Wildman–Crippen LogP) is 4.59. The first-order valence-corrected chi connectivity index (χ1v) is 13.0. The SMILES string of the molecule is C[C@@H](CN1CCN(c2ccc(-c3cc(-c4cnn(C)c4)cn4ncc(C#N)c34)cn2)CC1)c1ccccc1. The van der Waals surface area contributed by atoms with Crippen LogP contribution in [0.15, 0.2) is 79.5 Å². The van der Waals surface area contributed by atoms with E-state index in [1.54, 1.807) is 15.4 Å². The molecule has 1 atom stereocenters. The van der Waals surface area contributed by atoms with Crippen LogP contribution in [0.4, 0.5) is 5.82 Å². The highest BCUT2D eigenvalue weighted by Crippen LogP contribution is 2.32. The summed E-state index contributed by atoms with van der Waals surface area (Å²) in [6, 6.07) is 19.3. The Labute approximate surface area is 222 Å². The molecule has 0 radical (unpaired) electrons. The lowest BCUT2D eigenvalue weighted by molar-refractivity contribution is 0.245. The van der Waals surface area contributed by atoms with Crippen molar-refractivity contribution in [1.82, 2.24) is 29.3 Å². The van der Waals surface area contributed by atoms with Crippen molar-refractivity contribution in [3.05, 3.63) is 90.6 Å². The Hall–Kier alpha value is -4.48. The summed E-state index contributed by atoms with van der Waals surface area (Å²) in [6.45, 7) is 7.33. The third-order valence-corrected chi connectivity index (χ3v) is 7.43. The van der Waals surface area contributed by atoms with Crippen LogP contribution in [0.1, 0.15) is 24.0 Å². The highest BCUT2D eigenvalue weighted by Gasteiger charge is 2.21. The normalized spacial score (nSPS) is 15.0. The fourth-order valence-corrected chi connectivity index (χ4v) is 5.32.